The average molecular weight is 505 g/mol. The van der Waals surface area contributed by atoms with Gasteiger partial charge in [0.15, 0.2) is 0 Å². The van der Waals surface area contributed by atoms with E-state index < -0.39 is 0 Å². The van der Waals surface area contributed by atoms with Crippen molar-refractivity contribution in [3.05, 3.63) is 65.2 Å². The van der Waals surface area contributed by atoms with E-state index in [0.717, 1.165) is 30.5 Å². The molecule has 37 heavy (non-hydrogen) atoms. The molecule has 2 aliphatic heterocycles. The second kappa shape index (κ2) is 12.5. The van der Waals surface area contributed by atoms with E-state index in [9.17, 15) is 9.59 Å². The van der Waals surface area contributed by atoms with Crippen LogP contribution in [0.5, 0.6) is 0 Å². The number of nitrogens with one attached hydrogen (secondary N) is 1. The van der Waals surface area contributed by atoms with Crippen LogP contribution in [0.1, 0.15) is 48.5 Å². The van der Waals surface area contributed by atoms with Gasteiger partial charge in [-0.15, -0.1) is 0 Å². The Hall–Kier alpha value is -3.69. The Morgan fingerprint density at radius 1 is 1.22 bits per heavy atom. The van der Waals surface area contributed by atoms with Crippen LogP contribution in [0.15, 0.2) is 59.1 Å². The molecule has 0 spiro atoms. The minimum atomic E-state index is -0.258. The third-order valence-corrected chi connectivity index (χ3v) is 6.39. The van der Waals surface area contributed by atoms with Gasteiger partial charge in [0, 0.05) is 61.0 Å². The van der Waals surface area contributed by atoms with Gasteiger partial charge in [-0.25, -0.2) is 10.1 Å². The quantitative estimate of drug-likeness (QED) is 0.450. The first-order valence-corrected chi connectivity index (χ1v) is 12.9. The van der Waals surface area contributed by atoms with Gasteiger partial charge in [-0.3, -0.25) is 14.4 Å². The van der Waals surface area contributed by atoms with Crippen molar-refractivity contribution in [3.8, 4) is 0 Å². The Morgan fingerprint density at radius 3 is 2.78 bits per heavy atom. The zero-order valence-corrected chi connectivity index (χ0v) is 21.4. The van der Waals surface area contributed by atoms with E-state index >= 15 is 0 Å². The maximum Gasteiger partial charge on any atom is 0.273 e. The number of carbonyl (C=O) groups is 2. The summed E-state index contributed by atoms with van der Waals surface area (Å²) in [7, 11) is 0. The Balaban J connectivity index is 1.51. The number of hydroxylamine groups is 2. The van der Waals surface area contributed by atoms with Crippen LogP contribution >= 0.6 is 0 Å². The first-order chi connectivity index (χ1) is 18.0. The average Bonchev–Trinajstić information content (AvgIpc) is 3.08. The minimum Gasteiger partial charge on any atom is -0.387 e. The van der Waals surface area contributed by atoms with Gasteiger partial charge in [-0.05, 0) is 49.6 Å². The third kappa shape index (κ3) is 6.75. The molecule has 196 valence electrons. The number of anilines is 1. The van der Waals surface area contributed by atoms with Crippen molar-refractivity contribution in [3.63, 3.8) is 0 Å². The van der Waals surface area contributed by atoms with Gasteiger partial charge in [0.1, 0.15) is 5.84 Å². The monoisotopic (exact) mass is 504 g/mol. The van der Waals surface area contributed by atoms with Crippen LogP contribution in [-0.2, 0) is 9.63 Å². The number of hydrogen-bond donors (Lipinski definition) is 3. The summed E-state index contributed by atoms with van der Waals surface area (Å²) in [5.74, 6) is 0.0139. The highest BCUT2D eigenvalue weighted by molar-refractivity contribution is 6.05. The number of aliphatic imine (C=N–C) groups is 1. The van der Waals surface area contributed by atoms with Crippen LogP contribution in [0, 0.1) is 0 Å². The molecule has 2 aromatic rings. The molecular weight excluding hydrogens is 468 g/mol. The van der Waals surface area contributed by atoms with Gasteiger partial charge in [0.2, 0.25) is 0 Å². The van der Waals surface area contributed by atoms with Crippen molar-refractivity contribution in [1.29, 1.82) is 0 Å². The van der Waals surface area contributed by atoms with E-state index in [-0.39, 0.29) is 30.9 Å². The Labute approximate surface area is 218 Å². The number of para-hydroxylation sites is 1. The summed E-state index contributed by atoms with van der Waals surface area (Å²) in [5, 5.41) is 4.87. The van der Waals surface area contributed by atoms with Crippen LogP contribution in [0.2, 0.25) is 0 Å². The molecule has 0 bridgehead atoms. The maximum atomic E-state index is 13.4. The van der Waals surface area contributed by atoms with E-state index in [2.05, 4.69) is 10.3 Å². The highest BCUT2D eigenvalue weighted by Gasteiger charge is 2.26. The summed E-state index contributed by atoms with van der Waals surface area (Å²) >= 11 is 0. The molecule has 0 unspecified atom stereocenters. The van der Waals surface area contributed by atoms with Crippen molar-refractivity contribution < 1.29 is 14.4 Å². The highest BCUT2D eigenvalue weighted by atomic mass is 16.7. The number of amidine groups is 1. The fraction of sp³-hybridized carbons (Fsp3) is 0.393. The topological polar surface area (TPSA) is 126 Å². The number of hydrogen-bond acceptors (Lipinski definition) is 7. The van der Waals surface area contributed by atoms with Gasteiger partial charge in [0.25, 0.3) is 11.8 Å². The third-order valence-electron chi connectivity index (χ3n) is 6.39. The summed E-state index contributed by atoms with van der Waals surface area (Å²) in [6.07, 6.45) is 4.66. The molecule has 9 nitrogen and oxygen atoms in total. The van der Waals surface area contributed by atoms with Crippen LogP contribution in [-0.4, -0.2) is 66.4 Å². The Morgan fingerprint density at radius 2 is 2.03 bits per heavy atom. The highest BCUT2D eigenvalue weighted by Crippen LogP contribution is 2.29. The number of fused-ring (bicyclic) bond motifs is 1. The molecule has 4 rings (SSSR count). The first kappa shape index (κ1) is 26.4. The number of nitrogens with zero attached hydrogens (tertiary/aromatic N) is 3. The molecule has 1 saturated heterocycles. The number of benzene rings is 2. The van der Waals surface area contributed by atoms with E-state index in [1.54, 1.807) is 18.2 Å². The second-order valence-corrected chi connectivity index (χ2v) is 9.35. The summed E-state index contributed by atoms with van der Waals surface area (Å²) in [4.78, 5) is 38.5. The molecule has 1 fully saturated rings. The molecule has 0 radical (unpaired) electrons. The fourth-order valence-electron chi connectivity index (χ4n) is 4.64. The molecular formula is C28H36N6O3. The number of rotatable bonds is 9. The van der Waals surface area contributed by atoms with E-state index in [1.807, 2.05) is 48.2 Å². The number of carbonyl (C=O) groups excluding carboxylic acids is 2. The van der Waals surface area contributed by atoms with E-state index in [1.165, 1.54) is 5.06 Å². The summed E-state index contributed by atoms with van der Waals surface area (Å²) in [5.41, 5.74) is 15.1. The smallest absolute Gasteiger partial charge is 0.273 e. The van der Waals surface area contributed by atoms with E-state index in [0.29, 0.717) is 48.8 Å². The lowest BCUT2D eigenvalue weighted by Gasteiger charge is -2.34. The minimum absolute atomic E-state index is 0.0371. The lowest BCUT2D eigenvalue weighted by Crippen LogP contribution is -2.45. The zero-order chi connectivity index (χ0) is 26.2. The van der Waals surface area contributed by atoms with Gasteiger partial charge >= 0.3 is 0 Å². The number of piperidine rings is 1. The van der Waals surface area contributed by atoms with Crippen molar-refractivity contribution in [2.24, 2.45) is 16.5 Å². The molecule has 2 aromatic carbocycles. The van der Waals surface area contributed by atoms with Gasteiger partial charge in [-0.2, -0.15) is 0 Å². The van der Waals surface area contributed by atoms with Gasteiger partial charge < -0.3 is 21.7 Å². The summed E-state index contributed by atoms with van der Waals surface area (Å²) in [6.45, 7) is 4.33. The van der Waals surface area contributed by atoms with Crippen LogP contribution in [0.3, 0.4) is 0 Å². The SMILES string of the molecule is CCCN(OCCN)C(=O)C1=Cc2ccc(C(=O)N3CCC[C@H](Nc4ccccc4)C3)cc2N=C(N)C1. The number of nitrogens with two attached hydrogens (primary N) is 2. The molecule has 0 aromatic heterocycles. The Kier molecular flexibility index (Phi) is 8.92. The molecule has 1 atom stereocenters. The standard InChI is InChI=1S/C28H36N6O3/c1-2-13-34(37-15-12-29)28(36)22-16-20-10-11-21(17-25(20)32-26(30)18-22)27(35)33-14-6-9-24(19-33)31-23-7-4-3-5-8-23/h3-5,7-8,10-11,16-17,24,31H,2,6,9,12-15,18-19,29H2,1H3,(H2,30,32)/t24-/m0/s1. The van der Waals surface area contributed by atoms with Crippen molar-refractivity contribution in [2.75, 3.05) is 38.1 Å². The van der Waals surface area contributed by atoms with Crippen LogP contribution in [0.4, 0.5) is 11.4 Å². The van der Waals surface area contributed by atoms with Crippen molar-refractivity contribution in [2.45, 2.75) is 38.6 Å². The van der Waals surface area contributed by atoms with Gasteiger partial charge in [-0.1, -0.05) is 31.2 Å². The fourth-order valence-corrected chi connectivity index (χ4v) is 4.64. The molecule has 2 amide bonds. The normalized spacial score (nSPS) is 17.2. The molecule has 0 aliphatic carbocycles. The molecule has 2 aliphatic rings. The maximum absolute atomic E-state index is 13.4. The summed E-state index contributed by atoms with van der Waals surface area (Å²) in [6, 6.07) is 15.6. The molecule has 5 N–H and O–H groups in total. The lowest BCUT2D eigenvalue weighted by molar-refractivity contribution is -0.181. The summed E-state index contributed by atoms with van der Waals surface area (Å²) < 4.78 is 0. The molecule has 0 saturated carbocycles. The largest absolute Gasteiger partial charge is 0.387 e. The zero-order valence-electron chi connectivity index (χ0n) is 21.4. The molecule has 9 heteroatoms. The van der Waals surface area contributed by atoms with Crippen LogP contribution < -0.4 is 16.8 Å². The number of likely N-dealkylation sites (tertiary alicyclic amines) is 1. The Bertz CT molecular complexity index is 1160. The van der Waals surface area contributed by atoms with Crippen molar-refractivity contribution in [1.82, 2.24) is 9.96 Å². The van der Waals surface area contributed by atoms with Crippen LogP contribution in [0.25, 0.3) is 6.08 Å². The lowest BCUT2D eigenvalue weighted by atomic mass is 10.0. The van der Waals surface area contributed by atoms with Gasteiger partial charge in [0.05, 0.1) is 12.3 Å². The predicted octanol–water partition coefficient (Wildman–Crippen LogP) is 3.31. The predicted molar refractivity (Wildman–Crippen MR) is 146 cm³/mol. The first-order valence-electron chi connectivity index (χ1n) is 12.9. The second-order valence-electron chi connectivity index (χ2n) is 9.35. The number of amides is 2. The van der Waals surface area contributed by atoms with Crippen molar-refractivity contribution >= 4 is 35.1 Å². The molecule has 2 heterocycles. The van der Waals surface area contributed by atoms with E-state index in [4.69, 9.17) is 16.3 Å².